The third-order valence-electron chi connectivity index (χ3n) is 4.00. The first-order chi connectivity index (χ1) is 14.0. The smallest absolute Gasteiger partial charge is 0.316 e. The number of rotatable bonds is 7. The lowest BCUT2D eigenvalue weighted by molar-refractivity contribution is 0.0898. The van der Waals surface area contributed by atoms with Gasteiger partial charge in [-0.3, -0.25) is 9.59 Å². The van der Waals surface area contributed by atoms with Gasteiger partial charge in [0.1, 0.15) is 5.75 Å². The van der Waals surface area contributed by atoms with E-state index in [4.69, 9.17) is 20.9 Å². The minimum Gasteiger partial charge on any atom is -0.496 e. The van der Waals surface area contributed by atoms with Crippen LogP contribution < -0.4 is 15.4 Å². The molecule has 0 aliphatic heterocycles. The summed E-state index contributed by atoms with van der Waals surface area (Å²) in [6, 6.07) is 12.2. The molecule has 8 nitrogen and oxygen atoms in total. The van der Waals surface area contributed by atoms with Crippen molar-refractivity contribution in [2.45, 2.75) is 6.92 Å². The number of carbonyl (C=O) groups is 2. The van der Waals surface area contributed by atoms with Gasteiger partial charge in [-0.15, -0.1) is 0 Å². The standard InChI is InChI=1S/C20H19ClN4O4/c1-12-4-3-5-13(10-12)18(26)22-8-9-23-19(27)20-24-17(25-29-20)15-11-14(21)6-7-16(15)28-2/h3-7,10-11H,8-9H2,1-2H3,(H,22,26)(H,23,27). The highest BCUT2D eigenvalue weighted by Gasteiger charge is 2.18. The van der Waals surface area contributed by atoms with Crippen molar-refractivity contribution in [3.05, 3.63) is 64.5 Å². The van der Waals surface area contributed by atoms with E-state index >= 15 is 0 Å². The maximum absolute atomic E-state index is 12.2. The number of halogens is 1. The van der Waals surface area contributed by atoms with Gasteiger partial charge < -0.3 is 19.9 Å². The number of amides is 2. The molecule has 0 fully saturated rings. The molecule has 0 unspecified atom stereocenters. The molecule has 0 radical (unpaired) electrons. The van der Waals surface area contributed by atoms with E-state index in [1.165, 1.54) is 7.11 Å². The van der Waals surface area contributed by atoms with Gasteiger partial charge in [0.25, 0.3) is 5.91 Å². The second-order valence-corrected chi connectivity index (χ2v) is 6.59. The Labute approximate surface area is 172 Å². The molecule has 9 heteroatoms. The Morgan fingerprint density at radius 1 is 1.10 bits per heavy atom. The van der Waals surface area contributed by atoms with E-state index in [-0.39, 0.29) is 30.7 Å². The SMILES string of the molecule is COc1ccc(Cl)cc1-c1noc(C(=O)NCCNC(=O)c2cccc(C)c2)n1. The monoisotopic (exact) mass is 414 g/mol. The molecule has 0 saturated carbocycles. The van der Waals surface area contributed by atoms with E-state index in [1.54, 1.807) is 30.3 Å². The Bertz CT molecular complexity index is 1030. The lowest BCUT2D eigenvalue weighted by atomic mass is 10.1. The van der Waals surface area contributed by atoms with Crippen LogP contribution >= 0.6 is 11.6 Å². The lowest BCUT2D eigenvalue weighted by Gasteiger charge is -2.06. The number of hydrogen-bond donors (Lipinski definition) is 2. The van der Waals surface area contributed by atoms with Crippen LogP contribution in [-0.2, 0) is 0 Å². The number of carbonyl (C=O) groups excluding carboxylic acids is 2. The normalized spacial score (nSPS) is 10.4. The van der Waals surface area contributed by atoms with E-state index in [1.807, 2.05) is 19.1 Å². The largest absolute Gasteiger partial charge is 0.496 e. The van der Waals surface area contributed by atoms with Crippen molar-refractivity contribution >= 4 is 23.4 Å². The Morgan fingerprint density at radius 3 is 2.59 bits per heavy atom. The summed E-state index contributed by atoms with van der Waals surface area (Å²) in [7, 11) is 1.51. The van der Waals surface area contributed by atoms with Crippen LogP contribution in [0.4, 0.5) is 0 Å². The molecular formula is C20H19ClN4O4. The molecule has 2 amide bonds. The number of methoxy groups -OCH3 is 1. The number of aromatic nitrogens is 2. The van der Waals surface area contributed by atoms with Gasteiger partial charge in [0, 0.05) is 23.7 Å². The van der Waals surface area contributed by atoms with Gasteiger partial charge in [0.05, 0.1) is 12.7 Å². The molecule has 0 bridgehead atoms. The van der Waals surface area contributed by atoms with Crippen molar-refractivity contribution in [1.29, 1.82) is 0 Å². The Kier molecular flexibility index (Phi) is 6.46. The summed E-state index contributed by atoms with van der Waals surface area (Å²) >= 11 is 6.00. The zero-order chi connectivity index (χ0) is 20.8. The van der Waals surface area contributed by atoms with Crippen molar-refractivity contribution in [3.8, 4) is 17.1 Å². The van der Waals surface area contributed by atoms with E-state index in [0.29, 0.717) is 21.9 Å². The first kappa shape index (κ1) is 20.3. The van der Waals surface area contributed by atoms with E-state index in [2.05, 4.69) is 20.8 Å². The number of hydrogen-bond acceptors (Lipinski definition) is 6. The Balaban J connectivity index is 1.54. The van der Waals surface area contributed by atoms with Gasteiger partial charge >= 0.3 is 11.8 Å². The highest BCUT2D eigenvalue weighted by Crippen LogP contribution is 2.30. The zero-order valence-electron chi connectivity index (χ0n) is 15.9. The van der Waals surface area contributed by atoms with Crippen LogP contribution in [0.15, 0.2) is 47.0 Å². The van der Waals surface area contributed by atoms with Gasteiger partial charge in [0.2, 0.25) is 5.82 Å². The molecule has 2 N–H and O–H groups in total. The van der Waals surface area contributed by atoms with E-state index < -0.39 is 5.91 Å². The second-order valence-electron chi connectivity index (χ2n) is 6.15. The first-order valence-corrected chi connectivity index (χ1v) is 9.16. The molecule has 29 heavy (non-hydrogen) atoms. The maximum atomic E-state index is 12.2. The topological polar surface area (TPSA) is 106 Å². The zero-order valence-corrected chi connectivity index (χ0v) is 16.6. The van der Waals surface area contributed by atoms with Crippen LogP contribution in [0, 0.1) is 6.92 Å². The van der Waals surface area contributed by atoms with Crippen LogP contribution in [0.2, 0.25) is 5.02 Å². The Hall–Kier alpha value is -3.39. The van der Waals surface area contributed by atoms with Gasteiger partial charge in [0.15, 0.2) is 0 Å². The van der Waals surface area contributed by atoms with Crippen molar-refractivity contribution in [1.82, 2.24) is 20.8 Å². The highest BCUT2D eigenvalue weighted by atomic mass is 35.5. The Morgan fingerprint density at radius 2 is 1.86 bits per heavy atom. The summed E-state index contributed by atoms with van der Waals surface area (Å²) < 4.78 is 10.3. The maximum Gasteiger partial charge on any atom is 0.316 e. The number of nitrogens with one attached hydrogen (secondary N) is 2. The lowest BCUT2D eigenvalue weighted by Crippen LogP contribution is -2.34. The first-order valence-electron chi connectivity index (χ1n) is 8.78. The highest BCUT2D eigenvalue weighted by molar-refractivity contribution is 6.30. The summed E-state index contributed by atoms with van der Waals surface area (Å²) in [5, 5.41) is 9.63. The minimum atomic E-state index is -0.547. The molecule has 1 heterocycles. The number of ether oxygens (including phenoxy) is 1. The summed E-state index contributed by atoms with van der Waals surface area (Å²) in [6.45, 7) is 2.37. The van der Waals surface area contributed by atoms with Crippen molar-refractivity contribution < 1.29 is 18.8 Å². The molecule has 0 aliphatic carbocycles. The molecule has 3 aromatic rings. The third kappa shape index (κ3) is 5.11. The fraction of sp³-hybridized carbons (Fsp3) is 0.200. The average Bonchev–Trinajstić information content (AvgIpc) is 3.21. The number of aryl methyl sites for hydroxylation is 1. The van der Waals surface area contributed by atoms with E-state index in [0.717, 1.165) is 5.56 Å². The summed E-state index contributed by atoms with van der Waals surface area (Å²) in [4.78, 5) is 28.4. The molecule has 3 rings (SSSR count). The fourth-order valence-corrected chi connectivity index (χ4v) is 2.77. The number of nitrogens with zero attached hydrogens (tertiary/aromatic N) is 2. The molecule has 1 aromatic heterocycles. The van der Waals surface area contributed by atoms with Crippen molar-refractivity contribution in [2.24, 2.45) is 0 Å². The molecule has 0 aliphatic rings. The quantitative estimate of drug-likeness (QED) is 0.576. The van der Waals surface area contributed by atoms with Crippen LogP contribution in [0.5, 0.6) is 5.75 Å². The molecular weight excluding hydrogens is 396 g/mol. The minimum absolute atomic E-state index is 0.183. The van der Waals surface area contributed by atoms with Crippen molar-refractivity contribution in [3.63, 3.8) is 0 Å². The molecule has 0 saturated heterocycles. The fourth-order valence-electron chi connectivity index (χ4n) is 2.60. The molecule has 150 valence electrons. The van der Waals surface area contributed by atoms with Crippen LogP contribution in [0.3, 0.4) is 0 Å². The summed E-state index contributed by atoms with van der Waals surface area (Å²) in [5.41, 5.74) is 2.07. The molecule has 0 atom stereocenters. The van der Waals surface area contributed by atoms with Gasteiger partial charge in [-0.25, -0.2) is 0 Å². The van der Waals surface area contributed by atoms with Gasteiger partial charge in [-0.1, -0.05) is 34.5 Å². The summed E-state index contributed by atoms with van der Waals surface area (Å²) in [5.74, 6) is -0.277. The third-order valence-corrected chi connectivity index (χ3v) is 4.23. The molecule has 2 aromatic carbocycles. The van der Waals surface area contributed by atoms with Crippen LogP contribution in [0.25, 0.3) is 11.4 Å². The predicted molar refractivity (Wildman–Crippen MR) is 107 cm³/mol. The average molecular weight is 415 g/mol. The number of benzene rings is 2. The van der Waals surface area contributed by atoms with Crippen LogP contribution in [0.1, 0.15) is 26.6 Å². The van der Waals surface area contributed by atoms with Crippen LogP contribution in [-0.4, -0.2) is 42.2 Å². The van der Waals surface area contributed by atoms with Gasteiger partial charge in [-0.2, -0.15) is 4.98 Å². The molecule has 0 spiro atoms. The summed E-state index contributed by atoms with van der Waals surface area (Å²) in [6.07, 6.45) is 0. The van der Waals surface area contributed by atoms with Gasteiger partial charge in [-0.05, 0) is 37.3 Å². The predicted octanol–water partition coefficient (Wildman–Crippen LogP) is 2.87. The second kappa shape index (κ2) is 9.20. The van der Waals surface area contributed by atoms with E-state index in [9.17, 15) is 9.59 Å². The van der Waals surface area contributed by atoms with Crippen molar-refractivity contribution in [2.75, 3.05) is 20.2 Å².